The quantitative estimate of drug-likeness (QED) is 0.326. The summed E-state index contributed by atoms with van der Waals surface area (Å²) < 4.78 is 24.1. The van der Waals surface area contributed by atoms with Gasteiger partial charge in [0.2, 0.25) is 0 Å². The Morgan fingerprint density at radius 2 is 1.67 bits per heavy atom. The van der Waals surface area contributed by atoms with E-state index in [0.717, 1.165) is 0 Å². The van der Waals surface area contributed by atoms with Crippen molar-refractivity contribution in [2.24, 2.45) is 0 Å². The summed E-state index contributed by atoms with van der Waals surface area (Å²) in [6.07, 6.45) is 0. The first-order valence-electron chi connectivity index (χ1n) is 0.516. The zero-order valence-electron chi connectivity index (χ0n) is 2.66. The maximum atomic E-state index is 8.56. The van der Waals surface area contributed by atoms with Gasteiger partial charge >= 0.3 is 17.4 Å². The third-order valence-electron chi connectivity index (χ3n) is 0. The van der Waals surface area contributed by atoms with Gasteiger partial charge in [-0.3, -0.25) is 0 Å². The minimum absolute atomic E-state index is 0. The third kappa shape index (κ3) is 183. The van der Waals surface area contributed by atoms with Gasteiger partial charge in [0, 0.05) is 0 Å². The minimum atomic E-state index is -2.86. The number of rotatable bonds is 0. The molecule has 0 spiro atoms. The molecular weight excluding hydrogens is 123 g/mol. The summed E-state index contributed by atoms with van der Waals surface area (Å²) >= 11 is -2.86. The topological polar surface area (TPSA) is 88.9 Å². The average Bonchev–Trinajstić information content (AvgIpc) is 0.811. The summed E-state index contributed by atoms with van der Waals surface area (Å²) in [6, 6.07) is 0. The SMILES string of the molecule is O=S([O-])O.[Al+3].[O-2]. The molecule has 0 aromatic heterocycles. The second kappa shape index (κ2) is 9.12. The molecule has 6 heteroatoms. The smallest absolute Gasteiger partial charge is 2.00 e. The van der Waals surface area contributed by atoms with Crippen LogP contribution in [-0.4, -0.2) is 30.7 Å². The second-order valence-corrected chi connectivity index (χ2v) is 0.651. The Morgan fingerprint density at radius 1 is 1.67 bits per heavy atom. The van der Waals surface area contributed by atoms with Gasteiger partial charge in [-0.25, -0.2) is 4.21 Å². The van der Waals surface area contributed by atoms with E-state index in [1.165, 1.54) is 0 Å². The van der Waals surface area contributed by atoms with Crippen LogP contribution in [0.25, 0.3) is 0 Å². The number of hydrogen-bond donors (Lipinski definition) is 1. The van der Waals surface area contributed by atoms with Crippen LogP contribution in [0.15, 0.2) is 0 Å². The molecule has 1 unspecified atom stereocenters. The molecule has 0 aliphatic heterocycles. The van der Waals surface area contributed by atoms with Crippen LogP contribution >= 0.6 is 0 Å². The van der Waals surface area contributed by atoms with Crippen LogP contribution in [0.4, 0.5) is 0 Å². The van der Waals surface area contributed by atoms with Gasteiger partial charge in [-0.05, 0) is 0 Å². The van der Waals surface area contributed by atoms with Crippen molar-refractivity contribution in [3.8, 4) is 0 Å². The molecule has 0 rings (SSSR count). The van der Waals surface area contributed by atoms with E-state index in [-0.39, 0.29) is 22.8 Å². The van der Waals surface area contributed by atoms with Gasteiger partial charge in [-0.15, -0.1) is 0 Å². The monoisotopic (exact) mass is 124 g/mol. The van der Waals surface area contributed by atoms with Crippen LogP contribution < -0.4 is 0 Å². The van der Waals surface area contributed by atoms with E-state index in [1.54, 1.807) is 0 Å². The third-order valence-corrected chi connectivity index (χ3v) is 0. The first kappa shape index (κ1) is 16.0. The Labute approximate surface area is 48.1 Å². The first-order chi connectivity index (χ1) is 1.73. The second-order valence-electron chi connectivity index (χ2n) is 0.217. The van der Waals surface area contributed by atoms with Crippen LogP contribution in [0.2, 0.25) is 0 Å². The van der Waals surface area contributed by atoms with Gasteiger partial charge in [0.05, 0.1) is 11.4 Å². The molecule has 0 fully saturated rings. The van der Waals surface area contributed by atoms with Crippen LogP contribution in [-0.2, 0) is 16.8 Å². The van der Waals surface area contributed by atoms with Crippen molar-refractivity contribution >= 4 is 28.7 Å². The molecule has 0 bridgehead atoms. The molecule has 0 heterocycles. The molecule has 0 radical (unpaired) electrons. The Kier molecular flexibility index (Phi) is 24.3. The summed E-state index contributed by atoms with van der Waals surface area (Å²) in [6.45, 7) is 0. The Morgan fingerprint density at radius 3 is 1.67 bits per heavy atom. The fraction of sp³-hybridized carbons (Fsp3) is 0. The van der Waals surface area contributed by atoms with Crippen molar-refractivity contribution in [3.63, 3.8) is 0 Å². The molecule has 34 valence electrons. The van der Waals surface area contributed by atoms with Crippen molar-refractivity contribution in [1.82, 2.24) is 0 Å². The zero-order chi connectivity index (χ0) is 3.58. The summed E-state index contributed by atoms with van der Waals surface area (Å²) in [4.78, 5) is 0. The van der Waals surface area contributed by atoms with E-state index in [2.05, 4.69) is 0 Å². The van der Waals surface area contributed by atoms with Crippen molar-refractivity contribution < 1.29 is 18.8 Å². The van der Waals surface area contributed by atoms with Crippen LogP contribution in [0.1, 0.15) is 0 Å². The van der Waals surface area contributed by atoms with Gasteiger partial charge < -0.3 is 14.6 Å². The molecule has 1 N–H and O–H groups in total. The summed E-state index contributed by atoms with van der Waals surface area (Å²) in [7, 11) is 0. The normalized spacial score (nSPS) is 10.3. The molecule has 0 aromatic carbocycles. The van der Waals surface area contributed by atoms with Crippen molar-refractivity contribution in [1.29, 1.82) is 0 Å². The Balaban J connectivity index is -0.0000000450. The van der Waals surface area contributed by atoms with Gasteiger partial charge in [-0.1, -0.05) is 0 Å². The fourth-order valence-electron chi connectivity index (χ4n) is 0. The van der Waals surface area contributed by atoms with Crippen molar-refractivity contribution in [3.05, 3.63) is 0 Å². The molecule has 0 saturated carbocycles. The maximum Gasteiger partial charge on any atom is 3.00 e. The van der Waals surface area contributed by atoms with Gasteiger partial charge in [0.25, 0.3) is 0 Å². The first-order valence-corrected chi connectivity index (χ1v) is 1.55. The zero-order valence-corrected chi connectivity index (χ0v) is 4.63. The molecule has 0 aromatic rings. The molecule has 0 saturated heterocycles. The molecule has 4 nitrogen and oxygen atoms in total. The van der Waals surface area contributed by atoms with Gasteiger partial charge in [-0.2, -0.15) is 0 Å². The average molecular weight is 124 g/mol. The molecule has 6 heavy (non-hydrogen) atoms. The molecule has 1 atom stereocenters. The fourth-order valence-corrected chi connectivity index (χ4v) is 0. The largest absolute Gasteiger partial charge is 3.00 e. The van der Waals surface area contributed by atoms with E-state index in [9.17, 15) is 0 Å². The molecule has 0 aliphatic rings. The predicted octanol–water partition coefficient (Wildman–Crippen LogP) is -1.16. The minimum Gasteiger partial charge on any atom is -2.00 e. The molecule has 0 aliphatic carbocycles. The van der Waals surface area contributed by atoms with Crippen molar-refractivity contribution in [2.75, 3.05) is 0 Å². The van der Waals surface area contributed by atoms with Crippen LogP contribution in [0, 0.1) is 0 Å². The van der Waals surface area contributed by atoms with E-state index in [0.29, 0.717) is 0 Å². The summed E-state index contributed by atoms with van der Waals surface area (Å²) in [5.41, 5.74) is 0. The molecule has 0 amide bonds. The predicted molar refractivity (Wildman–Crippen MR) is 18.0 cm³/mol. The maximum absolute atomic E-state index is 8.56. The Bertz CT molecular complexity index is 30.5. The van der Waals surface area contributed by atoms with Crippen LogP contribution in [0.3, 0.4) is 0 Å². The molecular formula is HAlO4S. The van der Waals surface area contributed by atoms with Crippen LogP contribution in [0.5, 0.6) is 0 Å². The van der Waals surface area contributed by atoms with E-state index < -0.39 is 11.4 Å². The van der Waals surface area contributed by atoms with Crippen molar-refractivity contribution in [2.45, 2.75) is 0 Å². The number of hydrogen-bond acceptors (Lipinski definition) is 2. The van der Waals surface area contributed by atoms with E-state index in [4.69, 9.17) is 13.3 Å². The standard InChI is InChI=1S/Al.H2O3S.O/c;1-4(2)3;/h;(H2,1,2,3);/q+3;;-2/p-1. The van der Waals surface area contributed by atoms with E-state index in [1.807, 2.05) is 0 Å². The van der Waals surface area contributed by atoms with E-state index >= 15 is 0 Å². The summed E-state index contributed by atoms with van der Waals surface area (Å²) in [5, 5.41) is 0. The Hall–Kier alpha value is 0.562. The van der Waals surface area contributed by atoms with Gasteiger partial charge in [0.15, 0.2) is 0 Å². The van der Waals surface area contributed by atoms with Gasteiger partial charge in [0.1, 0.15) is 0 Å². The summed E-state index contributed by atoms with van der Waals surface area (Å²) in [5.74, 6) is 0.